The molecule has 0 spiro atoms. The molecule has 0 saturated heterocycles. The quantitative estimate of drug-likeness (QED) is 0.587. The summed E-state index contributed by atoms with van der Waals surface area (Å²) in [7, 11) is 0. The van der Waals surface area contributed by atoms with Crippen molar-refractivity contribution in [2.45, 2.75) is 19.9 Å². The summed E-state index contributed by atoms with van der Waals surface area (Å²) in [6, 6.07) is 11.8. The van der Waals surface area contributed by atoms with Gasteiger partial charge in [0.25, 0.3) is 0 Å². The zero-order valence-corrected chi connectivity index (χ0v) is 19.6. The number of amides is 1. The molecule has 33 heavy (non-hydrogen) atoms. The monoisotopic (exact) mass is 487 g/mol. The third-order valence-electron chi connectivity index (χ3n) is 4.91. The minimum atomic E-state index is -0.617. The molecule has 2 aromatic rings. The SMILES string of the molecule is CCOC(=O)C1=C(C)NC(SCC(=O)Nc2ccccc2Cl)=N[C@@H]1c1ccc2c(c1)OCO2. The number of halogens is 1. The molecule has 0 fully saturated rings. The summed E-state index contributed by atoms with van der Waals surface area (Å²) in [6.45, 7) is 3.93. The molecule has 2 heterocycles. The first kappa shape index (κ1) is 23.0. The van der Waals surface area contributed by atoms with Gasteiger partial charge in [0.2, 0.25) is 12.7 Å². The van der Waals surface area contributed by atoms with Crippen LogP contribution < -0.4 is 20.1 Å². The van der Waals surface area contributed by atoms with Gasteiger partial charge < -0.3 is 24.8 Å². The number of carbonyl (C=O) groups is 2. The van der Waals surface area contributed by atoms with Crippen LogP contribution in [0.1, 0.15) is 25.5 Å². The molecule has 8 nitrogen and oxygen atoms in total. The van der Waals surface area contributed by atoms with Crippen LogP contribution in [0, 0.1) is 0 Å². The fourth-order valence-corrected chi connectivity index (χ4v) is 4.33. The number of nitrogens with zero attached hydrogens (tertiary/aromatic N) is 1. The Bertz CT molecular complexity index is 1150. The average molecular weight is 488 g/mol. The second kappa shape index (κ2) is 10.2. The lowest BCUT2D eigenvalue weighted by Crippen LogP contribution is -2.31. The number of fused-ring (bicyclic) bond motifs is 1. The Morgan fingerprint density at radius 1 is 1.24 bits per heavy atom. The van der Waals surface area contributed by atoms with Crippen LogP contribution in [0.3, 0.4) is 0 Å². The number of aliphatic imine (C=N–C) groups is 1. The lowest BCUT2D eigenvalue weighted by Gasteiger charge is -2.25. The van der Waals surface area contributed by atoms with Crippen molar-refractivity contribution in [1.82, 2.24) is 5.32 Å². The van der Waals surface area contributed by atoms with Gasteiger partial charge in [0, 0.05) is 5.70 Å². The molecule has 0 aliphatic carbocycles. The Morgan fingerprint density at radius 2 is 2.03 bits per heavy atom. The molecule has 2 aliphatic rings. The van der Waals surface area contributed by atoms with E-state index in [-0.39, 0.29) is 25.1 Å². The van der Waals surface area contributed by atoms with Crippen molar-refractivity contribution in [2.75, 3.05) is 24.5 Å². The number of hydrogen-bond acceptors (Lipinski definition) is 8. The Kier molecular flexibility index (Phi) is 7.10. The van der Waals surface area contributed by atoms with Crippen molar-refractivity contribution in [2.24, 2.45) is 4.99 Å². The number of rotatable bonds is 6. The highest BCUT2D eigenvalue weighted by Crippen LogP contribution is 2.39. The maximum absolute atomic E-state index is 12.7. The van der Waals surface area contributed by atoms with Gasteiger partial charge in [-0.1, -0.05) is 41.6 Å². The van der Waals surface area contributed by atoms with Gasteiger partial charge in [-0.2, -0.15) is 0 Å². The first-order valence-corrected chi connectivity index (χ1v) is 11.6. The molecular weight excluding hydrogens is 466 g/mol. The minimum Gasteiger partial charge on any atom is -0.463 e. The van der Waals surface area contributed by atoms with E-state index in [2.05, 4.69) is 10.6 Å². The standard InChI is InChI=1S/C23H22ClN3O5S/c1-3-30-22(29)20-13(2)25-23(33-11-19(28)26-16-7-5-4-6-15(16)24)27-21(20)14-8-9-17-18(10-14)32-12-31-17/h4-10,21H,3,11-12H2,1-2H3,(H,25,27)(H,26,28)/t21-/m1/s1. The second-order valence-electron chi connectivity index (χ2n) is 7.15. The van der Waals surface area contributed by atoms with Crippen LogP contribution in [-0.4, -0.2) is 36.2 Å². The summed E-state index contributed by atoms with van der Waals surface area (Å²) in [5, 5.41) is 6.88. The van der Waals surface area contributed by atoms with Gasteiger partial charge in [-0.15, -0.1) is 0 Å². The molecule has 0 bridgehead atoms. The molecular formula is C23H22ClN3O5S. The summed E-state index contributed by atoms with van der Waals surface area (Å²) in [5.41, 5.74) is 2.31. The Balaban J connectivity index is 1.54. The number of amidine groups is 1. The average Bonchev–Trinajstić information content (AvgIpc) is 3.27. The summed E-state index contributed by atoms with van der Waals surface area (Å²) in [4.78, 5) is 29.9. The first-order chi connectivity index (χ1) is 16.0. The van der Waals surface area contributed by atoms with Crippen LogP contribution in [0.5, 0.6) is 11.5 Å². The molecule has 0 aromatic heterocycles. The van der Waals surface area contributed by atoms with Crippen LogP contribution in [0.15, 0.2) is 58.7 Å². The lowest BCUT2D eigenvalue weighted by atomic mass is 9.96. The molecule has 172 valence electrons. The smallest absolute Gasteiger partial charge is 0.338 e. The number of esters is 1. The number of thioether (sulfide) groups is 1. The Morgan fingerprint density at radius 3 is 2.82 bits per heavy atom. The van der Waals surface area contributed by atoms with Gasteiger partial charge in [0.05, 0.1) is 28.6 Å². The Hall–Kier alpha value is -3.17. The highest BCUT2D eigenvalue weighted by atomic mass is 35.5. The number of allylic oxidation sites excluding steroid dienone is 1. The highest BCUT2D eigenvalue weighted by Gasteiger charge is 2.31. The topological polar surface area (TPSA) is 98.2 Å². The van der Waals surface area contributed by atoms with Gasteiger partial charge in [-0.3, -0.25) is 4.79 Å². The predicted octanol–water partition coefficient (Wildman–Crippen LogP) is 4.28. The van der Waals surface area contributed by atoms with E-state index in [1.54, 1.807) is 50.2 Å². The van der Waals surface area contributed by atoms with Crippen LogP contribution in [0.2, 0.25) is 5.02 Å². The summed E-state index contributed by atoms with van der Waals surface area (Å²) in [6.07, 6.45) is 0. The molecule has 1 amide bonds. The van der Waals surface area contributed by atoms with Gasteiger partial charge in [-0.25, -0.2) is 9.79 Å². The zero-order chi connectivity index (χ0) is 23.4. The summed E-state index contributed by atoms with van der Waals surface area (Å²) < 4.78 is 16.1. The number of hydrogen-bond donors (Lipinski definition) is 2. The molecule has 2 aromatic carbocycles. The first-order valence-electron chi connectivity index (χ1n) is 10.3. The Labute approximate surface area is 200 Å². The minimum absolute atomic E-state index is 0.104. The van der Waals surface area contributed by atoms with Crippen LogP contribution in [0.25, 0.3) is 0 Å². The lowest BCUT2D eigenvalue weighted by molar-refractivity contribution is -0.139. The predicted molar refractivity (Wildman–Crippen MR) is 128 cm³/mol. The number of para-hydroxylation sites is 1. The third-order valence-corrected chi connectivity index (χ3v) is 6.13. The fourth-order valence-electron chi connectivity index (χ4n) is 3.40. The van der Waals surface area contributed by atoms with Crippen molar-refractivity contribution < 1.29 is 23.8 Å². The normalized spacial score (nSPS) is 16.7. The van der Waals surface area contributed by atoms with Crippen molar-refractivity contribution in [1.29, 1.82) is 0 Å². The van der Waals surface area contributed by atoms with Crippen molar-refractivity contribution in [3.05, 3.63) is 64.3 Å². The maximum atomic E-state index is 12.7. The highest BCUT2D eigenvalue weighted by molar-refractivity contribution is 8.14. The fraction of sp³-hybridized carbons (Fsp3) is 0.261. The largest absolute Gasteiger partial charge is 0.463 e. The van der Waals surface area contributed by atoms with E-state index in [1.165, 1.54) is 11.8 Å². The van der Waals surface area contributed by atoms with Gasteiger partial charge in [0.15, 0.2) is 16.7 Å². The van der Waals surface area contributed by atoms with E-state index in [0.717, 1.165) is 5.56 Å². The number of anilines is 1. The molecule has 0 saturated carbocycles. The maximum Gasteiger partial charge on any atom is 0.338 e. The van der Waals surface area contributed by atoms with Crippen molar-refractivity contribution >= 4 is 46.1 Å². The number of carbonyl (C=O) groups excluding carboxylic acids is 2. The van der Waals surface area contributed by atoms with Crippen LogP contribution in [0.4, 0.5) is 5.69 Å². The van der Waals surface area contributed by atoms with Crippen molar-refractivity contribution in [3.63, 3.8) is 0 Å². The van der Waals surface area contributed by atoms with Crippen molar-refractivity contribution in [3.8, 4) is 11.5 Å². The third kappa shape index (κ3) is 5.26. The van der Waals surface area contributed by atoms with Crippen LogP contribution in [-0.2, 0) is 14.3 Å². The molecule has 0 radical (unpaired) electrons. The summed E-state index contributed by atoms with van der Waals surface area (Å²) in [5.74, 6) is 0.660. The van der Waals surface area contributed by atoms with Gasteiger partial charge in [-0.05, 0) is 43.7 Å². The van der Waals surface area contributed by atoms with Crippen LogP contribution >= 0.6 is 23.4 Å². The molecule has 10 heteroatoms. The van der Waals surface area contributed by atoms with E-state index < -0.39 is 12.0 Å². The molecule has 1 atom stereocenters. The molecule has 0 unspecified atom stereocenters. The van der Waals surface area contributed by atoms with E-state index >= 15 is 0 Å². The number of ether oxygens (including phenoxy) is 3. The number of nitrogens with one attached hydrogen (secondary N) is 2. The van der Waals surface area contributed by atoms with E-state index in [4.69, 9.17) is 30.8 Å². The van der Waals surface area contributed by atoms with E-state index in [1.807, 2.05) is 6.07 Å². The number of benzene rings is 2. The van der Waals surface area contributed by atoms with Gasteiger partial charge in [0.1, 0.15) is 6.04 Å². The molecule has 2 aliphatic heterocycles. The molecule has 2 N–H and O–H groups in total. The molecule has 4 rings (SSSR count). The summed E-state index contributed by atoms with van der Waals surface area (Å²) >= 11 is 7.34. The zero-order valence-electron chi connectivity index (χ0n) is 18.0. The van der Waals surface area contributed by atoms with E-state index in [0.29, 0.717) is 38.6 Å². The van der Waals surface area contributed by atoms with E-state index in [9.17, 15) is 9.59 Å². The second-order valence-corrected chi connectivity index (χ2v) is 8.52. The van der Waals surface area contributed by atoms with Gasteiger partial charge >= 0.3 is 5.97 Å².